The molecule has 0 bridgehead atoms. The van der Waals surface area contributed by atoms with E-state index in [1.165, 1.54) is 25.2 Å². The van der Waals surface area contributed by atoms with E-state index in [1.807, 2.05) is 106 Å². The Labute approximate surface area is 278 Å². The fraction of sp³-hybridized carbons (Fsp3) is 0.297. The van der Waals surface area contributed by atoms with Crippen LogP contribution in [0.4, 0.5) is 5.69 Å². The Balaban J connectivity index is 1.61. The molecule has 0 aromatic heterocycles. The van der Waals surface area contributed by atoms with Gasteiger partial charge in [-0.25, -0.2) is 8.42 Å². The van der Waals surface area contributed by atoms with Crippen LogP contribution in [0.5, 0.6) is 0 Å². The molecular formula is C37H44N4O5S. The van der Waals surface area contributed by atoms with Crippen LogP contribution in [0.3, 0.4) is 0 Å². The monoisotopic (exact) mass is 656 g/mol. The number of nitrogens with one attached hydrogen (secondary N) is 3. The Morgan fingerprint density at radius 1 is 0.787 bits per heavy atom. The van der Waals surface area contributed by atoms with Gasteiger partial charge in [-0.2, -0.15) is 0 Å². The number of carbonyl (C=O) groups is 2. The van der Waals surface area contributed by atoms with Crippen LogP contribution in [0, 0.1) is 6.92 Å². The summed E-state index contributed by atoms with van der Waals surface area (Å²) in [7, 11) is -2.34. The molecule has 4 aromatic carbocycles. The van der Waals surface area contributed by atoms with Gasteiger partial charge in [-0.05, 0) is 67.6 Å². The molecule has 0 radical (unpaired) electrons. The fourth-order valence-corrected chi connectivity index (χ4v) is 5.87. The van der Waals surface area contributed by atoms with Gasteiger partial charge in [0, 0.05) is 30.8 Å². The lowest BCUT2D eigenvalue weighted by Crippen LogP contribution is -2.49. The van der Waals surface area contributed by atoms with E-state index in [4.69, 9.17) is 0 Å². The Morgan fingerprint density at radius 3 is 1.94 bits per heavy atom. The van der Waals surface area contributed by atoms with Crippen LogP contribution in [-0.2, 0) is 16.4 Å². The number of hydrogen-bond donors (Lipinski definition) is 4. The van der Waals surface area contributed by atoms with E-state index < -0.39 is 34.0 Å². The summed E-state index contributed by atoms with van der Waals surface area (Å²) in [5.41, 5.74) is 4.32. The summed E-state index contributed by atoms with van der Waals surface area (Å²) >= 11 is 0. The number of rotatable bonds is 14. The lowest BCUT2D eigenvalue weighted by molar-refractivity contribution is 0.0825. The highest BCUT2D eigenvalue weighted by atomic mass is 32.2. The number of carbonyl (C=O) groups excluding carboxylic acids is 2. The van der Waals surface area contributed by atoms with Crippen LogP contribution >= 0.6 is 0 Å². The van der Waals surface area contributed by atoms with Crippen molar-refractivity contribution < 1.29 is 23.1 Å². The van der Waals surface area contributed by atoms with Crippen molar-refractivity contribution >= 4 is 27.5 Å². The summed E-state index contributed by atoms with van der Waals surface area (Å²) in [6, 6.07) is 30.3. The van der Waals surface area contributed by atoms with Crippen molar-refractivity contribution in [2.45, 2.75) is 51.4 Å². The van der Waals surface area contributed by atoms with E-state index in [0.717, 1.165) is 32.8 Å². The maximum Gasteiger partial charge on any atom is 0.251 e. The number of aliphatic hydroxyl groups is 1. The predicted molar refractivity (Wildman–Crippen MR) is 187 cm³/mol. The first-order valence-electron chi connectivity index (χ1n) is 15.6. The molecule has 0 aliphatic carbocycles. The number of hydrogen-bond acceptors (Lipinski definition) is 6. The number of nitrogens with zero attached hydrogens (tertiary/aromatic N) is 1. The maximum atomic E-state index is 13.9. The summed E-state index contributed by atoms with van der Waals surface area (Å²) in [6.07, 6.45) is 0.430. The molecule has 0 aliphatic rings. The Kier molecular flexibility index (Phi) is 11.9. The lowest BCUT2D eigenvalue weighted by atomic mass is 9.99. The summed E-state index contributed by atoms with van der Waals surface area (Å²) in [6.45, 7) is 6.03. The summed E-state index contributed by atoms with van der Waals surface area (Å²) in [5, 5.41) is 20.6. The van der Waals surface area contributed by atoms with Gasteiger partial charge < -0.3 is 21.1 Å². The largest absolute Gasteiger partial charge is 0.390 e. The van der Waals surface area contributed by atoms with E-state index in [0.29, 0.717) is 6.42 Å². The van der Waals surface area contributed by atoms with E-state index in [1.54, 1.807) is 0 Å². The molecule has 9 nitrogen and oxygen atoms in total. The van der Waals surface area contributed by atoms with Crippen LogP contribution in [0.15, 0.2) is 103 Å². The van der Waals surface area contributed by atoms with Gasteiger partial charge in [-0.1, -0.05) is 84.9 Å². The van der Waals surface area contributed by atoms with E-state index in [2.05, 4.69) is 16.0 Å². The Morgan fingerprint density at radius 2 is 1.34 bits per heavy atom. The van der Waals surface area contributed by atoms with Crippen LogP contribution in [0.25, 0.3) is 0 Å². The van der Waals surface area contributed by atoms with Crippen molar-refractivity contribution in [1.29, 1.82) is 0 Å². The SMILES string of the molecule is Cc1ccccc1C(C)NC(=O)c1cc(C(=O)N[C@@H](Cc2ccccc2)[C@H](O)CN[C@@H](C)c2ccccc2)cc(N(C)S(C)(=O)=O)c1. The van der Waals surface area contributed by atoms with E-state index in [-0.39, 0.29) is 35.4 Å². The number of benzene rings is 4. The highest BCUT2D eigenvalue weighted by Gasteiger charge is 2.25. The zero-order valence-electron chi connectivity index (χ0n) is 27.5. The van der Waals surface area contributed by atoms with Crippen molar-refractivity contribution in [3.05, 3.63) is 137 Å². The van der Waals surface area contributed by atoms with Gasteiger partial charge in [-0.3, -0.25) is 13.9 Å². The molecule has 0 aliphatic heterocycles. The standard InChI is InChI=1S/C37H44N4O5S/c1-25-14-12-13-19-33(25)27(3)39-36(43)30-21-31(23-32(22-30)41(4)47(5,45)46)37(44)40-34(20-28-15-8-6-9-16-28)35(42)24-38-26(2)29-17-10-7-11-18-29/h6-19,21-23,26-27,34-35,38,42H,20,24H2,1-5H3,(H,39,43)(H,40,44)/t26-,27?,34-,35+/m0/s1. The van der Waals surface area contributed by atoms with Gasteiger partial charge in [0.25, 0.3) is 11.8 Å². The van der Waals surface area contributed by atoms with Gasteiger partial charge in [0.05, 0.1) is 30.1 Å². The molecule has 0 fully saturated rings. The molecular weight excluding hydrogens is 612 g/mol. The maximum absolute atomic E-state index is 13.9. The zero-order chi connectivity index (χ0) is 34.1. The van der Waals surface area contributed by atoms with Gasteiger partial charge >= 0.3 is 0 Å². The van der Waals surface area contributed by atoms with Gasteiger partial charge in [-0.15, -0.1) is 0 Å². The first kappa shape index (κ1) is 35.3. The molecule has 4 rings (SSSR count). The Bertz CT molecular complexity index is 1770. The quantitative estimate of drug-likeness (QED) is 0.152. The Hall–Kier alpha value is -4.51. The second-order valence-electron chi connectivity index (χ2n) is 11.9. The third kappa shape index (κ3) is 9.74. The predicted octanol–water partition coefficient (Wildman–Crippen LogP) is 4.93. The number of aliphatic hydroxyl groups excluding tert-OH is 1. The fourth-order valence-electron chi connectivity index (χ4n) is 5.38. The van der Waals surface area contributed by atoms with Gasteiger partial charge in [0.1, 0.15) is 0 Å². The van der Waals surface area contributed by atoms with E-state index >= 15 is 0 Å². The van der Waals surface area contributed by atoms with Crippen molar-refractivity contribution in [2.24, 2.45) is 0 Å². The van der Waals surface area contributed by atoms with Crippen LogP contribution in [0.1, 0.15) is 68.9 Å². The molecule has 0 saturated carbocycles. The highest BCUT2D eigenvalue weighted by molar-refractivity contribution is 7.92. The molecule has 248 valence electrons. The average molecular weight is 657 g/mol. The van der Waals surface area contributed by atoms with Crippen LogP contribution in [-0.4, -0.2) is 57.3 Å². The highest BCUT2D eigenvalue weighted by Crippen LogP contribution is 2.23. The van der Waals surface area contributed by atoms with Crippen molar-refractivity contribution in [2.75, 3.05) is 24.2 Å². The number of amides is 2. The minimum Gasteiger partial charge on any atom is -0.390 e. The molecule has 10 heteroatoms. The second-order valence-corrected chi connectivity index (χ2v) is 13.9. The minimum absolute atomic E-state index is 0.0368. The second kappa shape index (κ2) is 15.9. The topological polar surface area (TPSA) is 128 Å². The van der Waals surface area contributed by atoms with Gasteiger partial charge in [0.2, 0.25) is 10.0 Å². The summed E-state index contributed by atoms with van der Waals surface area (Å²) in [5.74, 6) is -1.01. The number of sulfonamides is 1. The molecule has 4 N–H and O–H groups in total. The normalized spacial score (nSPS) is 14.0. The van der Waals surface area contributed by atoms with Crippen molar-refractivity contribution in [3.63, 3.8) is 0 Å². The van der Waals surface area contributed by atoms with Crippen LogP contribution < -0.4 is 20.3 Å². The number of anilines is 1. The minimum atomic E-state index is -3.71. The van der Waals surface area contributed by atoms with Gasteiger partial charge in [0.15, 0.2) is 0 Å². The van der Waals surface area contributed by atoms with Crippen molar-refractivity contribution in [3.8, 4) is 0 Å². The molecule has 0 spiro atoms. The number of aryl methyl sites for hydroxylation is 1. The molecule has 47 heavy (non-hydrogen) atoms. The van der Waals surface area contributed by atoms with E-state index in [9.17, 15) is 23.1 Å². The third-order valence-electron chi connectivity index (χ3n) is 8.32. The third-order valence-corrected chi connectivity index (χ3v) is 9.52. The summed E-state index contributed by atoms with van der Waals surface area (Å²) < 4.78 is 26.0. The molecule has 1 unspecified atom stereocenters. The lowest BCUT2D eigenvalue weighted by Gasteiger charge is -2.27. The zero-order valence-corrected chi connectivity index (χ0v) is 28.3. The van der Waals surface area contributed by atoms with Crippen LogP contribution in [0.2, 0.25) is 0 Å². The first-order chi connectivity index (χ1) is 22.3. The molecule has 2 amide bonds. The first-order valence-corrected chi connectivity index (χ1v) is 17.4. The van der Waals surface area contributed by atoms with Crippen molar-refractivity contribution in [1.82, 2.24) is 16.0 Å². The molecule has 4 aromatic rings. The molecule has 0 heterocycles. The smallest absolute Gasteiger partial charge is 0.251 e. The summed E-state index contributed by atoms with van der Waals surface area (Å²) in [4.78, 5) is 27.4. The average Bonchev–Trinajstić information content (AvgIpc) is 3.06. The molecule has 4 atom stereocenters. The molecule has 0 saturated heterocycles.